The third kappa shape index (κ3) is 2.40. The molecule has 0 aliphatic carbocycles. The van der Waals surface area contributed by atoms with Crippen molar-refractivity contribution in [2.24, 2.45) is 5.41 Å². The van der Waals surface area contributed by atoms with Gasteiger partial charge in [0.25, 0.3) is 0 Å². The third-order valence-electron chi connectivity index (χ3n) is 2.97. The molecular weight excluding hydrogens is 282 g/mol. The molecule has 0 amide bonds. The van der Waals surface area contributed by atoms with Gasteiger partial charge in [0.05, 0.1) is 5.69 Å². The molecule has 1 heterocycles. The average molecular weight is 300 g/mol. The molecule has 0 bridgehead atoms. The third-order valence-corrected chi connectivity index (χ3v) is 4.73. The Kier molecular flexibility index (Phi) is 3.28. The summed E-state index contributed by atoms with van der Waals surface area (Å²) >= 11 is 5.61. The number of anilines is 1. The van der Waals surface area contributed by atoms with Crippen molar-refractivity contribution in [1.82, 2.24) is 0 Å². The van der Waals surface area contributed by atoms with Crippen LogP contribution in [0.5, 0.6) is 0 Å². The molecule has 0 saturated heterocycles. The van der Waals surface area contributed by atoms with E-state index in [9.17, 15) is 0 Å². The molecule has 1 nitrogen and oxygen atoms in total. The SMILES string of the molecule is Cc1cc(Br)c2c(c1)SCC(C(C)(C)C)N2. The van der Waals surface area contributed by atoms with Crippen LogP contribution >= 0.6 is 27.7 Å². The number of benzene rings is 1. The Morgan fingerprint density at radius 2 is 2.06 bits per heavy atom. The van der Waals surface area contributed by atoms with Crippen LogP contribution < -0.4 is 5.32 Å². The molecule has 3 heteroatoms. The van der Waals surface area contributed by atoms with Crippen LogP contribution in [0.1, 0.15) is 26.3 Å². The van der Waals surface area contributed by atoms with Gasteiger partial charge in [0.15, 0.2) is 0 Å². The predicted molar refractivity (Wildman–Crippen MR) is 76.5 cm³/mol. The zero-order valence-corrected chi connectivity index (χ0v) is 12.6. The van der Waals surface area contributed by atoms with Gasteiger partial charge in [-0.25, -0.2) is 0 Å². The molecule has 0 saturated carbocycles. The van der Waals surface area contributed by atoms with Crippen molar-refractivity contribution in [1.29, 1.82) is 0 Å². The van der Waals surface area contributed by atoms with Crippen molar-refractivity contribution in [2.75, 3.05) is 11.1 Å². The number of hydrogen-bond donors (Lipinski definition) is 1. The highest BCUT2D eigenvalue weighted by atomic mass is 79.9. The largest absolute Gasteiger partial charge is 0.379 e. The summed E-state index contributed by atoms with van der Waals surface area (Å²) in [5, 5.41) is 3.66. The second kappa shape index (κ2) is 4.26. The van der Waals surface area contributed by atoms with E-state index in [0.717, 1.165) is 5.75 Å². The first-order valence-electron chi connectivity index (χ1n) is 5.57. The summed E-state index contributed by atoms with van der Waals surface area (Å²) in [6.45, 7) is 9.01. The molecule has 0 radical (unpaired) electrons. The Balaban J connectivity index is 2.34. The van der Waals surface area contributed by atoms with Gasteiger partial charge in [0, 0.05) is 21.2 Å². The molecule has 1 N–H and O–H groups in total. The molecule has 88 valence electrons. The van der Waals surface area contributed by atoms with E-state index >= 15 is 0 Å². The lowest BCUT2D eigenvalue weighted by Crippen LogP contribution is -2.38. The minimum Gasteiger partial charge on any atom is -0.379 e. The summed E-state index contributed by atoms with van der Waals surface area (Å²) in [5.74, 6) is 1.15. The Labute approximate surface area is 111 Å². The first-order valence-corrected chi connectivity index (χ1v) is 7.35. The van der Waals surface area contributed by atoms with Crippen LogP contribution in [0.15, 0.2) is 21.5 Å². The molecular formula is C13H18BrNS. The predicted octanol–water partition coefficient (Wildman–Crippen LogP) is 4.69. The van der Waals surface area contributed by atoms with Crippen molar-refractivity contribution < 1.29 is 0 Å². The van der Waals surface area contributed by atoms with E-state index in [1.54, 1.807) is 0 Å². The number of rotatable bonds is 0. The summed E-state index contributed by atoms with van der Waals surface area (Å²) in [6, 6.07) is 4.97. The lowest BCUT2D eigenvalue weighted by Gasteiger charge is -2.36. The highest BCUT2D eigenvalue weighted by molar-refractivity contribution is 9.10. The van der Waals surface area contributed by atoms with Crippen LogP contribution in [-0.2, 0) is 0 Å². The van der Waals surface area contributed by atoms with Crippen LogP contribution in [0, 0.1) is 12.3 Å². The number of nitrogens with one attached hydrogen (secondary N) is 1. The molecule has 1 aromatic rings. The number of fused-ring (bicyclic) bond motifs is 1. The van der Waals surface area contributed by atoms with Crippen LogP contribution in [0.2, 0.25) is 0 Å². The fourth-order valence-corrected chi connectivity index (χ4v) is 4.15. The molecule has 1 aliphatic rings. The van der Waals surface area contributed by atoms with Gasteiger partial charge in [-0.3, -0.25) is 0 Å². The molecule has 1 aliphatic heterocycles. The Bertz CT molecular complexity index is 409. The smallest absolute Gasteiger partial charge is 0.0625 e. The lowest BCUT2D eigenvalue weighted by molar-refractivity contribution is 0.361. The van der Waals surface area contributed by atoms with E-state index in [1.165, 1.54) is 20.6 Å². The zero-order valence-electron chi connectivity index (χ0n) is 10.2. The number of hydrogen-bond acceptors (Lipinski definition) is 2. The minimum atomic E-state index is 0.301. The Morgan fingerprint density at radius 3 is 2.69 bits per heavy atom. The molecule has 2 rings (SSSR count). The average Bonchev–Trinajstić information content (AvgIpc) is 2.15. The van der Waals surface area contributed by atoms with E-state index in [4.69, 9.17) is 0 Å². The van der Waals surface area contributed by atoms with Crippen LogP contribution in [0.4, 0.5) is 5.69 Å². The van der Waals surface area contributed by atoms with Gasteiger partial charge in [-0.05, 0) is 46.0 Å². The topological polar surface area (TPSA) is 12.0 Å². The Morgan fingerprint density at radius 1 is 1.38 bits per heavy atom. The molecule has 0 aromatic heterocycles. The number of halogens is 1. The molecule has 0 spiro atoms. The van der Waals surface area contributed by atoms with Gasteiger partial charge in [0.2, 0.25) is 0 Å². The van der Waals surface area contributed by atoms with Crippen LogP contribution in [0.3, 0.4) is 0 Å². The van der Waals surface area contributed by atoms with Crippen molar-refractivity contribution in [3.05, 3.63) is 22.2 Å². The van der Waals surface area contributed by atoms with Gasteiger partial charge in [-0.2, -0.15) is 0 Å². The highest BCUT2D eigenvalue weighted by Crippen LogP contribution is 2.42. The molecule has 1 aromatic carbocycles. The zero-order chi connectivity index (χ0) is 11.9. The summed E-state index contributed by atoms with van der Waals surface area (Å²) < 4.78 is 1.18. The maximum Gasteiger partial charge on any atom is 0.0625 e. The fraction of sp³-hybridized carbons (Fsp3) is 0.538. The van der Waals surface area contributed by atoms with Gasteiger partial charge in [-0.1, -0.05) is 20.8 Å². The van der Waals surface area contributed by atoms with Gasteiger partial charge in [-0.15, -0.1) is 11.8 Å². The monoisotopic (exact) mass is 299 g/mol. The molecule has 16 heavy (non-hydrogen) atoms. The van der Waals surface area contributed by atoms with Gasteiger partial charge < -0.3 is 5.32 Å². The second-order valence-corrected chi connectivity index (χ2v) is 7.41. The Hall–Kier alpha value is -0.150. The van der Waals surface area contributed by atoms with E-state index in [0.29, 0.717) is 11.5 Å². The fourth-order valence-electron chi connectivity index (χ4n) is 1.82. The second-order valence-electron chi connectivity index (χ2n) is 5.49. The molecule has 0 fully saturated rings. The molecule has 1 unspecified atom stereocenters. The number of thioether (sulfide) groups is 1. The quantitative estimate of drug-likeness (QED) is 0.746. The summed E-state index contributed by atoms with van der Waals surface area (Å²) in [6.07, 6.45) is 0. The van der Waals surface area contributed by atoms with Crippen LogP contribution in [0.25, 0.3) is 0 Å². The maximum atomic E-state index is 3.66. The normalized spacial score (nSPS) is 20.2. The highest BCUT2D eigenvalue weighted by Gasteiger charge is 2.29. The van der Waals surface area contributed by atoms with Crippen molar-refractivity contribution in [3.8, 4) is 0 Å². The maximum absolute atomic E-state index is 3.66. The first-order chi connectivity index (χ1) is 7.38. The summed E-state index contributed by atoms with van der Waals surface area (Å²) in [4.78, 5) is 1.37. The van der Waals surface area contributed by atoms with E-state index in [1.807, 2.05) is 11.8 Å². The van der Waals surface area contributed by atoms with Crippen molar-refractivity contribution in [3.63, 3.8) is 0 Å². The molecule has 1 atom stereocenters. The number of aryl methyl sites for hydroxylation is 1. The van der Waals surface area contributed by atoms with Crippen molar-refractivity contribution in [2.45, 2.75) is 38.6 Å². The minimum absolute atomic E-state index is 0.301. The first kappa shape index (κ1) is 12.3. The lowest BCUT2D eigenvalue weighted by atomic mass is 9.87. The van der Waals surface area contributed by atoms with E-state index < -0.39 is 0 Å². The van der Waals surface area contributed by atoms with Gasteiger partial charge in [0.1, 0.15) is 0 Å². The van der Waals surface area contributed by atoms with Crippen LogP contribution in [-0.4, -0.2) is 11.8 Å². The van der Waals surface area contributed by atoms with Crippen molar-refractivity contribution >= 4 is 33.4 Å². The van der Waals surface area contributed by atoms with Gasteiger partial charge >= 0.3 is 0 Å². The summed E-state index contributed by atoms with van der Waals surface area (Å²) in [5.41, 5.74) is 2.88. The summed E-state index contributed by atoms with van der Waals surface area (Å²) in [7, 11) is 0. The van der Waals surface area contributed by atoms with E-state index in [-0.39, 0.29) is 0 Å². The standard InChI is InChI=1S/C13H18BrNS/c1-8-5-9(14)12-10(6-8)16-7-11(15-12)13(2,3)4/h5-6,11,15H,7H2,1-4H3. The van der Waals surface area contributed by atoms with E-state index in [2.05, 4.69) is 61.1 Å².